The van der Waals surface area contributed by atoms with Crippen molar-refractivity contribution < 1.29 is 19.5 Å². The molecule has 1 atom stereocenters. The molecule has 1 fully saturated rings. The predicted octanol–water partition coefficient (Wildman–Crippen LogP) is 0.835. The molecule has 2 amide bonds. The largest absolute Gasteiger partial charge is 0.481 e. The van der Waals surface area contributed by atoms with E-state index < -0.39 is 5.97 Å². The highest BCUT2D eigenvalue weighted by molar-refractivity contribution is 7.99. The zero-order valence-corrected chi connectivity index (χ0v) is 12.8. The van der Waals surface area contributed by atoms with E-state index in [0.29, 0.717) is 17.9 Å². The van der Waals surface area contributed by atoms with Gasteiger partial charge in [0.1, 0.15) is 0 Å². The van der Waals surface area contributed by atoms with Gasteiger partial charge in [0.2, 0.25) is 5.91 Å². The monoisotopic (exact) mass is 322 g/mol. The molecule has 1 unspecified atom stereocenters. The molecule has 118 valence electrons. The number of hydrogen-bond acceptors (Lipinski definition) is 4. The molecule has 22 heavy (non-hydrogen) atoms. The second-order valence-corrected chi connectivity index (χ2v) is 6.11. The number of nitrogens with zero attached hydrogens (tertiary/aromatic N) is 1. The van der Waals surface area contributed by atoms with E-state index in [0.717, 1.165) is 5.75 Å². The maximum absolute atomic E-state index is 12.2. The molecule has 7 heteroatoms. The Morgan fingerprint density at radius 1 is 1.27 bits per heavy atom. The van der Waals surface area contributed by atoms with Crippen molar-refractivity contribution in [3.8, 4) is 0 Å². The third-order valence-corrected chi connectivity index (χ3v) is 4.49. The quantitative estimate of drug-likeness (QED) is 0.839. The number of rotatable bonds is 5. The van der Waals surface area contributed by atoms with Crippen LogP contribution in [0.25, 0.3) is 0 Å². The predicted molar refractivity (Wildman–Crippen MR) is 83.9 cm³/mol. The number of carbonyl (C=O) groups excluding carboxylic acids is 2. The second kappa shape index (κ2) is 7.84. The van der Waals surface area contributed by atoms with Crippen molar-refractivity contribution >= 4 is 29.5 Å². The van der Waals surface area contributed by atoms with Crippen molar-refractivity contribution in [2.24, 2.45) is 0 Å². The first-order chi connectivity index (χ1) is 10.6. The number of thioether (sulfide) groups is 1. The maximum atomic E-state index is 12.2. The highest BCUT2D eigenvalue weighted by atomic mass is 32.2. The molecule has 2 N–H and O–H groups in total. The van der Waals surface area contributed by atoms with Gasteiger partial charge in [0.25, 0.3) is 5.91 Å². The first-order valence-electron chi connectivity index (χ1n) is 7.00. The average Bonchev–Trinajstić information content (AvgIpc) is 2.53. The van der Waals surface area contributed by atoms with Gasteiger partial charge >= 0.3 is 5.97 Å². The molecule has 0 spiro atoms. The van der Waals surface area contributed by atoms with E-state index >= 15 is 0 Å². The molecule has 0 aromatic heterocycles. The smallest absolute Gasteiger partial charge is 0.305 e. The summed E-state index contributed by atoms with van der Waals surface area (Å²) < 4.78 is 0. The van der Waals surface area contributed by atoms with Crippen molar-refractivity contribution in [2.75, 3.05) is 24.6 Å². The Balaban J connectivity index is 1.90. The molecule has 1 saturated heterocycles. The van der Waals surface area contributed by atoms with Gasteiger partial charge in [-0.15, -0.1) is 0 Å². The van der Waals surface area contributed by atoms with Crippen LogP contribution in [0.3, 0.4) is 0 Å². The molecule has 2 rings (SSSR count). The van der Waals surface area contributed by atoms with Crippen molar-refractivity contribution in [3.05, 3.63) is 35.9 Å². The minimum atomic E-state index is -0.918. The van der Waals surface area contributed by atoms with E-state index in [1.165, 1.54) is 0 Å². The lowest BCUT2D eigenvalue weighted by Crippen LogP contribution is -2.50. The summed E-state index contributed by atoms with van der Waals surface area (Å²) in [4.78, 5) is 36.6. The van der Waals surface area contributed by atoms with E-state index in [9.17, 15) is 14.4 Å². The summed E-state index contributed by atoms with van der Waals surface area (Å²) >= 11 is 1.64. The minimum absolute atomic E-state index is 0.0641. The van der Waals surface area contributed by atoms with Gasteiger partial charge in [-0.2, -0.15) is 11.8 Å². The maximum Gasteiger partial charge on any atom is 0.305 e. The molecule has 6 nitrogen and oxygen atoms in total. The average molecular weight is 322 g/mol. The van der Waals surface area contributed by atoms with Crippen LogP contribution in [0.4, 0.5) is 0 Å². The molecule has 0 saturated carbocycles. The topological polar surface area (TPSA) is 86.7 Å². The normalized spacial score (nSPS) is 17.8. The van der Waals surface area contributed by atoms with Gasteiger partial charge in [0, 0.05) is 23.6 Å². The minimum Gasteiger partial charge on any atom is -0.481 e. The Kier molecular flexibility index (Phi) is 5.83. The summed E-state index contributed by atoms with van der Waals surface area (Å²) in [5.41, 5.74) is 0.492. The zero-order valence-electron chi connectivity index (χ0n) is 12.0. The van der Waals surface area contributed by atoms with Gasteiger partial charge < -0.3 is 15.3 Å². The fourth-order valence-corrected chi connectivity index (χ4v) is 3.37. The van der Waals surface area contributed by atoms with Crippen LogP contribution in [0, 0.1) is 0 Å². The van der Waals surface area contributed by atoms with Crippen LogP contribution < -0.4 is 5.32 Å². The molecule has 0 bridgehead atoms. The van der Waals surface area contributed by atoms with Gasteiger partial charge in [-0.05, 0) is 12.1 Å². The molecule has 1 aliphatic rings. The number of aliphatic carboxylic acids is 1. The van der Waals surface area contributed by atoms with E-state index in [1.54, 1.807) is 40.9 Å². The molecule has 1 aliphatic heterocycles. The highest BCUT2D eigenvalue weighted by Crippen LogP contribution is 2.19. The van der Waals surface area contributed by atoms with Crippen molar-refractivity contribution in [1.29, 1.82) is 0 Å². The Morgan fingerprint density at radius 2 is 2.00 bits per heavy atom. The van der Waals surface area contributed by atoms with Crippen LogP contribution in [0.1, 0.15) is 16.8 Å². The molecule has 1 aromatic carbocycles. The van der Waals surface area contributed by atoms with E-state index in [-0.39, 0.29) is 30.8 Å². The number of benzene rings is 1. The number of amides is 2. The summed E-state index contributed by atoms with van der Waals surface area (Å²) in [6.45, 7) is 0.400. The lowest BCUT2D eigenvalue weighted by Gasteiger charge is -2.34. The van der Waals surface area contributed by atoms with Crippen LogP contribution in [0.15, 0.2) is 30.3 Å². The van der Waals surface area contributed by atoms with Crippen LogP contribution in [0.2, 0.25) is 0 Å². The first-order valence-corrected chi connectivity index (χ1v) is 8.15. The summed E-state index contributed by atoms with van der Waals surface area (Å²) in [5, 5.41) is 11.5. The summed E-state index contributed by atoms with van der Waals surface area (Å²) in [6.07, 6.45) is -0.0641. The third kappa shape index (κ3) is 4.49. The Morgan fingerprint density at radius 3 is 2.68 bits per heavy atom. The molecular weight excluding hydrogens is 304 g/mol. The van der Waals surface area contributed by atoms with E-state index in [1.807, 2.05) is 6.07 Å². The molecule has 0 radical (unpaired) electrons. The zero-order chi connectivity index (χ0) is 15.9. The highest BCUT2D eigenvalue weighted by Gasteiger charge is 2.28. The number of carboxylic acids is 1. The fourth-order valence-electron chi connectivity index (χ4n) is 2.30. The number of hydrogen-bond donors (Lipinski definition) is 2. The summed E-state index contributed by atoms with van der Waals surface area (Å²) in [7, 11) is 0. The van der Waals surface area contributed by atoms with Crippen LogP contribution in [-0.2, 0) is 9.59 Å². The Hall–Kier alpha value is -2.02. The molecule has 1 aromatic rings. The fraction of sp³-hybridized carbons (Fsp3) is 0.400. The first kappa shape index (κ1) is 16.4. The second-order valence-electron chi connectivity index (χ2n) is 4.96. The van der Waals surface area contributed by atoms with E-state index in [4.69, 9.17) is 5.11 Å². The van der Waals surface area contributed by atoms with Crippen LogP contribution in [0.5, 0.6) is 0 Å². The Bertz CT molecular complexity index is 550. The lowest BCUT2D eigenvalue weighted by molar-refractivity contribution is -0.140. The molecule has 1 heterocycles. The van der Waals surface area contributed by atoms with Gasteiger partial charge in [-0.1, -0.05) is 18.2 Å². The Labute approximate surface area is 132 Å². The van der Waals surface area contributed by atoms with Gasteiger partial charge in [0.05, 0.1) is 19.0 Å². The van der Waals surface area contributed by atoms with Gasteiger partial charge in [-0.25, -0.2) is 0 Å². The van der Waals surface area contributed by atoms with Crippen molar-refractivity contribution in [2.45, 2.75) is 12.5 Å². The summed E-state index contributed by atoms with van der Waals surface area (Å²) in [6, 6.07) is 8.35. The number of nitrogens with one attached hydrogen (secondary N) is 1. The standard InChI is InChI=1S/C15H18N2O4S/c18-13(9-16-15(21)11-4-2-1-3-5-11)17-6-7-22-10-12(17)8-14(19)20/h1-5,12H,6-10H2,(H,16,21)(H,19,20). The summed E-state index contributed by atoms with van der Waals surface area (Å²) in [5.74, 6) is -0.0660. The third-order valence-electron chi connectivity index (χ3n) is 3.39. The lowest BCUT2D eigenvalue weighted by atomic mass is 10.2. The number of carboxylic acid groups (broad SMARTS) is 1. The van der Waals surface area contributed by atoms with Crippen LogP contribution >= 0.6 is 11.8 Å². The van der Waals surface area contributed by atoms with Gasteiger partial charge in [-0.3, -0.25) is 14.4 Å². The molecular formula is C15H18N2O4S. The van der Waals surface area contributed by atoms with Crippen molar-refractivity contribution in [1.82, 2.24) is 10.2 Å². The SMILES string of the molecule is O=C(O)CC1CSCCN1C(=O)CNC(=O)c1ccccc1. The van der Waals surface area contributed by atoms with Gasteiger partial charge in [0.15, 0.2) is 0 Å². The van der Waals surface area contributed by atoms with E-state index in [2.05, 4.69) is 5.32 Å². The molecule has 0 aliphatic carbocycles. The van der Waals surface area contributed by atoms with Crippen molar-refractivity contribution in [3.63, 3.8) is 0 Å². The number of carbonyl (C=O) groups is 3. The van der Waals surface area contributed by atoms with Crippen LogP contribution in [-0.4, -0.2) is 58.4 Å².